The van der Waals surface area contributed by atoms with Gasteiger partial charge in [0.25, 0.3) is 0 Å². The van der Waals surface area contributed by atoms with Crippen molar-refractivity contribution in [3.05, 3.63) is 54.0 Å². The Hall–Kier alpha value is -2.63. The van der Waals surface area contributed by atoms with Crippen LogP contribution in [0.4, 0.5) is 4.39 Å². The van der Waals surface area contributed by atoms with Crippen molar-refractivity contribution < 1.29 is 9.13 Å². The van der Waals surface area contributed by atoms with Gasteiger partial charge in [0.05, 0.1) is 6.54 Å². The number of hydrogen-bond acceptors (Lipinski definition) is 3. The lowest BCUT2D eigenvalue weighted by molar-refractivity contribution is 0.270. The van der Waals surface area contributed by atoms with Gasteiger partial charge < -0.3 is 15.4 Å². The van der Waals surface area contributed by atoms with Gasteiger partial charge in [-0.2, -0.15) is 0 Å². The maximum Gasteiger partial charge on any atom is 0.219 e. The zero-order valence-electron chi connectivity index (χ0n) is 14.4. The number of likely N-dealkylation sites (tertiary alicyclic amines) is 1. The van der Waals surface area contributed by atoms with Gasteiger partial charge in [0.15, 0.2) is 5.96 Å². The van der Waals surface area contributed by atoms with E-state index in [9.17, 15) is 4.39 Å². The van der Waals surface area contributed by atoms with Gasteiger partial charge in [-0.25, -0.2) is 14.4 Å². The van der Waals surface area contributed by atoms with Gasteiger partial charge in [0, 0.05) is 25.4 Å². The number of halogens is 1. The average molecular weight is 342 g/mol. The number of aromatic nitrogens is 1. The minimum atomic E-state index is -0.297. The molecule has 1 fully saturated rings. The van der Waals surface area contributed by atoms with Crippen molar-refractivity contribution in [3.8, 4) is 11.6 Å². The molecule has 1 aliphatic heterocycles. The van der Waals surface area contributed by atoms with Gasteiger partial charge in [0.2, 0.25) is 5.88 Å². The topological polar surface area (TPSA) is 63.7 Å². The van der Waals surface area contributed by atoms with E-state index in [1.807, 2.05) is 6.07 Å². The number of pyridine rings is 1. The Kier molecular flexibility index (Phi) is 5.48. The molecule has 5 nitrogen and oxygen atoms in total. The summed E-state index contributed by atoms with van der Waals surface area (Å²) in [4.78, 5) is 10.9. The first-order chi connectivity index (χ1) is 12.1. The second-order valence-corrected chi connectivity index (χ2v) is 6.43. The van der Waals surface area contributed by atoms with E-state index >= 15 is 0 Å². The van der Waals surface area contributed by atoms with E-state index in [4.69, 9.17) is 10.5 Å². The van der Waals surface area contributed by atoms with Crippen molar-refractivity contribution in [2.24, 2.45) is 16.6 Å². The lowest BCUT2D eigenvalue weighted by Crippen LogP contribution is -2.43. The SMILES string of the molecule is CC1CCCN(C(N)=NCc2ccc(Oc3ccc(F)cc3)nc2)C1. The Balaban J connectivity index is 1.56. The molecule has 1 aromatic carbocycles. The normalized spacial score (nSPS) is 18.2. The molecule has 25 heavy (non-hydrogen) atoms. The summed E-state index contributed by atoms with van der Waals surface area (Å²) < 4.78 is 18.5. The Morgan fingerprint density at radius 2 is 2.12 bits per heavy atom. The number of benzene rings is 1. The Morgan fingerprint density at radius 1 is 1.32 bits per heavy atom. The molecular formula is C19H23FN4O. The number of piperidine rings is 1. The fourth-order valence-electron chi connectivity index (χ4n) is 2.86. The maximum atomic E-state index is 12.9. The second kappa shape index (κ2) is 7.96. The summed E-state index contributed by atoms with van der Waals surface area (Å²) in [6.07, 6.45) is 4.13. The molecule has 1 aromatic heterocycles. The van der Waals surface area contributed by atoms with E-state index in [1.165, 1.54) is 18.6 Å². The van der Waals surface area contributed by atoms with Crippen molar-refractivity contribution in [2.75, 3.05) is 13.1 Å². The monoisotopic (exact) mass is 342 g/mol. The van der Waals surface area contributed by atoms with E-state index in [-0.39, 0.29) is 5.82 Å². The highest BCUT2D eigenvalue weighted by molar-refractivity contribution is 5.78. The first-order valence-corrected chi connectivity index (χ1v) is 8.53. The summed E-state index contributed by atoms with van der Waals surface area (Å²) >= 11 is 0. The first-order valence-electron chi connectivity index (χ1n) is 8.53. The van der Waals surface area contributed by atoms with E-state index < -0.39 is 0 Å². The summed E-state index contributed by atoms with van der Waals surface area (Å²) in [6, 6.07) is 9.51. The van der Waals surface area contributed by atoms with Crippen LogP contribution >= 0.6 is 0 Å². The highest BCUT2D eigenvalue weighted by Gasteiger charge is 2.17. The average Bonchev–Trinajstić information content (AvgIpc) is 2.63. The van der Waals surface area contributed by atoms with E-state index in [2.05, 4.69) is 21.8 Å². The molecule has 1 saturated heterocycles. The lowest BCUT2D eigenvalue weighted by Gasteiger charge is -2.31. The fourth-order valence-corrected chi connectivity index (χ4v) is 2.86. The molecule has 0 bridgehead atoms. The Bertz CT molecular complexity index is 715. The van der Waals surface area contributed by atoms with Gasteiger partial charge in [-0.1, -0.05) is 13.0 Å². The largest absolute Gasteiger partial charge is 0.439 e. The maximum absolute atomic E-state index is 12.9. The first kappa shape index (κ1) is 17.2. The molecule has 2 N–H and O–H groups in total. The minimum Gasteiger partial charge on any atom is -0.439 e. The zero-order chi connectivity index (χ0) is 17.6. The third-order valence-electron chi connectivity index (χ3n) is 4.24. The zero-order valence-corrected chi connectivity index (χ0v) is 14.4. The second-order valence-electron chi connectivity index (χ2n) is 6.43. The van der Waals surface area contributed by atoms with Crippen molar-refractivity contribution in [1.29, 1.82) is 0 Å². The van der Waals surface area contributed by atoms with Crippen molar-refractivity contribution in [1.82, 2.24) is 9.88 Å². The van der Waals surface area contributed by atoms with Crippen molar-refractivity contribution in [2.45, 2.75) is 26.3 Å². The summed E-state index contributed by atoms with van der Waals surface area (Å²) in [5.74, 6) is 1.96. The Morgan fingerprint density at radius 3 is 2.80 bits per heavy atom. The van der Waals surface area contributed by atoms with Crippen LogP contribution in [0.15, 0.2) is 47.6 Å². The minimum absolute atomic E-state index is 0.297. The molecule has 0 spiro atoms. The van der Waals surface area contributed by atoms with E-state index in [0.29, 0.717) is 30.1 Å². The Labute approximate surface area is 147 Å². The predicted molar refractivity (Wildman–Crippen MR) is 96.0 cm³/mol. The third kappa shape index (κ3) is 4.92. The van der Waals surface area contributed by atoms with Crippen LogP contribution in [-0.4, -0.2) is 28.9 Å². The molecule has 0 amide bonds. The van der Waals surface area contributed by atoms with Crippen LogP contribution in [0.1, 0.15) is 25.3 Å². The van der Waals surface area contributed by atoms with Crippen molar-refractivity contribution in [3.63, 3.8) is 0 Å². The molecular weight excluding hydrogens is 319 g/mol. The number of rotatable bonds is 4. The van der Waals surface area contributed by atoms with Gasteiger partial charge in [-0.15, -0.1) is 0 Å². The van der Waals surface area contributed by atoms with Crippen LogP contribution in [-0.2, 0) is 6.54 Å². The molecule has 0 radical (unpaired) electrons. The van der Waals surface area contributed by atoms with Crippen LogP contribution in [0.3, 0.4) is 0 Å². The molecule has 132 valence electrons. The summed E-state index contributed by atoms with van der Waals surface area (Å²) in [5, 5.41) is 0. The smallest absolute Gasteiger partial charge is 0.219 e. The number of ether oxygens (including phenoxy) is 1. The molecule has 3 rings (SSSR count). The quantitative estimate of drug-likeness (QED) is 0.682. The van der Waals surface area contributed by atoms with Crippen LogP contribution in [0.25, 0.3) is 0 Å². The van der Waals surface area contributed by atoms with Crippen LogP contribution < -0.4 is 10.5 Å². The number of nitrogens with zero attached hydrogens (tertiary/aromatic N) is 3. The van der Waals surface area contributed by atoms with E-state index in [1.54, 1.807) is 24.4 Å². The van der Waals surface area contributed by atoms with Crippen LogP contribution in [0.5, 0.6) is 11.6 Å². The molecule has 2 aromatic rings. The van der Waals surface area contributed by atoms with E-state index in [0.717, 1.165) is 25.1 Å². The molecule has 1 aliphatic rings. The predicted octanol–water partition coefficient (Wildman–Crippen LogP) is 3.56. The number of guanidine groups is 1. The number of hydrogen-bond donors (Lipinski definition) is 1. The summed E-state index contributed by atoms with van der Waals surface area (Å²) in [5.41, 5.74) is 7.06. The number of nitrogens with two attached hydrogens (primary N) is 1. The van der Waals surface area contributed by atoms with Crippen LogP contribution in [0.2, 0.25) is 0 Å². The highest BCUT2D eigenvalue weighted by Crippen LogP contribution is 2.20. The summed E-state index contributed by atoms with van der Waals surface area (Å²) in [7, 11) is 0. The molecule has 6 heteroatoms. The lowest BCUT2D eigenvalue weighted by atomic mass is 10.0. The van der Waals surface area contributed by atoms with Crippen LogP contribution in [0, 0.1) is 11.7 Å². The van der Waals surface area contributed by atoms with Gasteiger partial charge in [-0.3, -0.25) is 0 Å². The highest BCUT2D eigenvalue weighted by atomic mass is 19.1. The third-order valence-corrected chi connectivity index (χ3v) is 4.24. The molecule has 2 heterocycles. The van der Waals surface area contributed by atoms with Gasteiger partial charge >= 0.3 is 0 Å². The molecule has 1 unspecified atom stereocenters. The van der Waals surface area contributed by atoms with Gasteiger partial charge in [-0.05, 0) is 48.6 Å². The number of aliphatic imine (C=N–C) groups is 1. The van der Waals surface area contributed by atoms with Gasteiger partial charge in [0.1, 0.15) is 11.6 Å². The standard InChI is InChI=1S/C19H23FN4O/c1-14-3-2-10-24(13-14)19(21)23-12-15-4-9-18(22-11-15)25-17-7-5-16(20)6-8-17/h4-9,11,14H,2-3,10,12-13H2,1H3,(H2,21,23). The van der Waals surface area contributed by atoms with Crippen molar-refractivity contribution >= 4 is 5.96 Å². The molecule has 1 atom stereocenters. The molecule has 0 aliphatic carbocycles. The molecule has 0 saturated carbocycles. The summed E-state index contributed by atoms with van der Waals surface area (Å²) in [6.45, 7) is 4.67. The fraction of sp³-hybridized carbons (Fsp3) is 0.368.